The van der Waals surface area contributed by atoms with Gasteiger partial charge in [0.05, 0.1) is 16.6 Å². The lowest BCUT2D eigenvalue weighted by molar-refractivity contribution is 1.07. The summed E-state index contributed by atoms with van der Waals surface area (Å²) in [7, 11) is 0. The molecule has 0 spiro atoms. The van der Waals surface area contributed by atoms with Gasteiger partial charge in [0.15, 0.2) is 17.5 Å². The average Bonchev–Trinajstić information content (AvgIpc) is 3.65. The summed E-state index contributed by atoms with van der Waals surface area (Å²) in [6.07, 6.45) is 0. The van der Waals surface area contributed by atoms with Crippen LogP contribution in [0, 0.1) is 0 Å². The van der Waals surface area contributed by atoms with Crippen LogP contribution >= 0.6 is 0 Å². The van der Waals surface area contributed by atoms with Crippen LogP contribution in [-0.2, 0) is 0 Å². The Bertz CT molecular complexity index is 2440. The van der Waals surface area contributed by atoms with E-state index in [-0.39, 0.29) is 0 Å². The van der Waals surface area contributed by atoms with Crippen molar-refractivity contribution >= 4 is 27.6 Å². The molecule has 0 N–H and O–H groups in total. The van der Waals surface area contributed by atoms with E-state index in [4.69, 9.17) is 15.0 Å². The first-order valence-corrected chi connectivity index (χ1v) is 15.4. The number of para-hydroxylation sites is 3. The second kappa shape index (κ2) is 10.7. The molecule has 9 aromatic rings. The maximum absolute atomic E-state index is 4.94. The summed E-state index contributed by atoms with van der Waals surface area (Å²) in [5, 5.41) is 1.23. The fraction of sp³-hybridized carbons (Fsp3) is 0. The van der Waals surface area contributed by atoms with Gasteiger partial charge in [-0.15, -0.1) is 0 Å². The zero-order valence-electron chi connectivity index (χ0n) is 24.8. The van der Waals surface area contributed by atoms with Crippen LogP contribution < -0.4 is 0 Å². The van der Waals surface area contributed by atoms with Crippen molar-refractivity contribution in [2.75, 3.05) is 0 Å². The molecule has 0 aliphatic carbocycles. The summed E-state index contributed by atoms with van der Waals surface area (Å²) < 4.78 is 4.77. The summed E-state index contributed by atoms with van der Waals surface area (Å²) in [5.74, 6) is 1.94. The highest BCUT2D eigenvalue weighted by Gasteiger charge is 2.22. The maximum atomic E-state index is 4.94. The highest BCUT2D eigenvalue weighted by Crippen LogP contribution is 2.40. The number of hydrogen-bond donors (Lipinski definition) is 0. The molecule has 0 atom stereocenters. The van der Waals surface area contributed by atoms with Gasteiger partial charge in [0.1, 0.15) is 5.65 Å². The van der Waals surface area contributed by atoms with Crippen LogP contribution in [0.5, 0.6) is 0 Å². The molecule has 0 saturated heterocycles. The fourth-order valence-corrected chi connectivity index (χ4v) is 6.49. The Morgan fingerprint density at radius 3 is 1.35 bits per heavy atom. The van der Waals surface area contributed by atoms with Gasteiger partial charge in [-0.1, -0.05) is 121 Å². The van der Waals surface area contributed by atoms with Gasteiger partial charge in [0.25, 0.3) is 0 Å². The number of nitrogens with zero attached hydrogens (tertiary/aromatic N) is 5. The largest absolute Gasteiger partial charge is 0.293 e. The SMILES string of the molecule is c1ccc(-c2nc(-c3ccccc3)nc(-c3ccc(-n4c5ccccc5n5c6ccccc6c(-c6ccccc6)c45)cc3)n2)cc1. The van der Waals surface area contributed by atoms with Crippen LogP contribution in [0.25, 0.3) is 78.6 Å². The third-order valence-corrected chi connectivity index (χ3v) is 8.57. The molecule has 216 valence electrons. The molecular formula is C41H27N5. The number of fused-ring (bicyclic) bond motifs is 5. The molecule has 0 aliphatic rings. The number of rotatable bonds is 5. The Hall–Kier alpha value is -6.33. The van der Waals surface area contributed by atoms with Crippen molar-refractivity contribution in [1.29, 1.82) is 0 Å². The van der Waals surface area contributed by atoms with Crippen LogP contribution in [-0.4, -0.2) is 23.9 Å². The topological polar surface area (TPSA) is 48.0 Å². The fourth-order valence-electron chi connectivity index (χ4n) is 6.49. The third kappa shape index (κ3) is 4.21. The Balaban J connectivity index is 1.25. The van der Waals surface area contributed by atoms with Gasteiger partial charge >= 0.3 is 0 Å². The Morgan fingerprint density at radius 1 is 0.348 bits per heavy atom. The van der Waals surface area contributed by atoms with Crippen molar-refractivity contribution in [2.45, 2.75) is 0 Å². The molecule has 9 rings (SSSR count). The lowest BCUT2D eigenvalue weighted by atomic mass is 10.0. The minimum atomic E-state index is 0.639. The van der Waals surface area contributed by atoms with Crippen LogP contribution in [0.1, 0.15) is 0 Å². The molecule has 0 saturated carbocycles. The van der Waals surface area contributed by atoms with Gasteiger partial charge in [-0.05, 0) is 48.0 Å². The maximum Gasteiger partial charge on any atom is 0.164 e. The zero-order chi connectivity index (χ0) is 30.5. The number of aromatic nitrogens is 5. The van der Waals surface area contributed by atoms with Crippen LogP contribution in [0.3, 0.4) is 0 Å². The summed E-state index contributed by atoms with van der Waals surface area (Å²) in [5.41, 5.74) is 10.9. The molecule has 46 heavy (non-hydrogen) atoms. The van der Waals surface area contributed by atoms with E-state index in [1.54, 1.807) is 0 Å². The normalized spacial score (nSPS) is 11.5. The molecule has 0 amide bonds. The third-order valence-electron chi connectivity index (χ3n) is 8.57. The molecule has 0 bridgehead atoms. The highest BCUT2D eigenvalue weighted by molar-refractivity contribution is 6.09. The van der Waals surface area contributed by atoms with Gasteiger partial charge in [0.2, 0.25) is 0 Å². The average molecular weight is 590 g/mol. The second-order valence-corrected chi connectivity index (χ2v) is 11.3. The molecule has 3 aromatic heterocycles. The van der Waals surface area contributed by atoms with E-state index < -0.39 is 0 Å². The van der Waals surface area contributed by atoms with Crippen molar-refractivity contribution in [3.05, 3.63) is 164 Å². The molecule has 0 radical (unpaired) electrons. The Kier molecular flexibility index (Phi) is 6.06. The van der Waals surface area contributed by atoms with Gasteiger partial charge in [-0.2, -0.15) is 0 Å². The summed E-state index contributed by atoms with van der Waals surface area (Å²) >= 11 is 0. The first-order chi connectivity index (χ1) is 22.8. The molecular weight excluding hydrogens is 562 g/mol. The minimum absolute atomic E-state index is 0.639. The van der Waals surface area contributed by atoms with Crippen LogP contribution in [0.4, 0.5) is 0 Å². The van der Waals surface area contributed by atoms with E-state index in [0.717, 1.165) is 39.1 Å². The van der Waals surface area contributed by atoms with Gasteiger partial charge in [-0.3, -0.25) is 8.97 Å². The Labute approximate surface area is 265 Å². The second-order valence-electron chi connectivity index (χ2n) is 11.3. The highest BCUT2D eigenvalue weighted by atomic mass is 15.1. The molecule has 6 aromatic carbocycles. The van der Waals surface area contributed by atoms with Gasteiger partial charge < -0.3 is 0 Å². The van der Waals surface area contributed by atoms with Crippen LogP contribution in [0.15, 0.2) is 164 Å². The number of hydrogen-bond acceptors (Lipinski definition) is 3. The number of benzene rings is 6. The van der Waals surface area contributed by atoms with E-state index in [1.165, 1.54) is 22.0 Å². The minimum Gasteiger partial charge on any atom is -0.293 e. The van der Waals surface area contributed by atoms with Crippen molar-refractivity contribution in [3.8, 4) is 51.0 Å². The molecule has 0 unspecified atom stereocenters. The van der Waals surface area contributed by atoms with E-state index in [1.807, 2.05) is 60.7 Å². The smallest absolute Gasteiger partial charge is 0.164 e. The van der Waals surface area contributed by atoms with Crippen LogP contribution in [0.2, 0.25) is 0 Å². The predicted molar refractivity (Wildman–Crippen MR) is 187 cm³/mol. The molecule has 0 aliphatic heterocycles. The predicted octanol–water partition coefficient (Wildman–Crippen LogP) is 9.89. The van der Waals surface area contributed by atoms with Gasteiger partial charge in [-0.25, -0.2) is 15.0 Å². The van der Waals surface area contributed by atoms with Crippen molar-refractivity contribution in [2.24, 2.45) is 0 Å². The first-order valence-electron chi connectivity index (χ1n) is 15.4. The van der Waals surface area contributed by atoms with Crippen molar-refractivity contribution in [3.63, 3.8) is 0 Å². The monoisotopic (exact) mass is 589 g/mol. The van der Waals surface area contributed by atoms with E-state index >= 15 is 0 Å². The molecule has 3 heterocycles. The molecule has 5 nitrogen and oxygen atoms in total. The molecule has 0 fully saturated rings. The summed E-state index contributed by atoms with van der Waals surface area (Å²) in [4.78, 5) is 14.7. The molecule has 5 heteroatoms. The lowest BCUT2D eigenvalue weighted by Crippen LogP contribution is -2.00. The quantitative estimate of drug-likeness (QED) is 0.201. The van der Waals surface area contributed by atoms with E-state index in [9.17, 15) is 0 Å². The zero-order valence-corrected chi connectivity index (χ0v) is 24.8. The lowest BCUT2D eigenvalue weighted by Gasteiger charge is -2.11. The standard InChI is InChI=1S/C41H27N5/c1-4-14-28(15-5-1)37-33-20-10-11-21-34(33)46-36-23-13-12-22-35(36)45(41(37)46)32-26-24-31(25-27-32)40-43-38(29-16-6-2-7-17-29)42-39(44-40)30-18-8-3-9-19-30/h1-27H. The van der Waals surface area contributed by atoms with E-state index in [0.29, 0.717) is 17.5 Å². The van der Waals surface area contributed by atoms with Crippen molar-refractivity contribution < 1.29 is 0 Å². The van der Waals surface area contributed by atoms with Gasteiger partial charge in [0, 0.05) is 33.3 Å². The summed E-state index contributed by atoms with van der Waals surface area (Å²) in [6, 6.07) is 56.7. The van der Waals surface area contributed by atoms with E-state index in [2.05, 4.69) is 112 Å². The van der Waals surface area contributed by atoms with Crippen molar-refractivity contribution in [1.82, 2.24) is 23.9 Å². The Morgan fingerprint density at radius 2 is 0.783 bits per heavy atom. The first kappa shape index (κ1) is 26.1. The number of imidazole rings is 1. The summed E-state index contributed by atoms with van der Waals surface area (Å²) in [6.45, 7) is 0.